The molecule has 2 N–H and O–H groups in total. The van der Waals surface area contributed by atoms with Crippen molar-refractivity contribution < 1.29 is 14.6 Å². The van der Waals surface area contributed by atoms with Gasteiger partial charge in [0.15, 0.2) is 0 Å². The van der Waals surface area contributed by atoms with Crippen molar-refractivity contribution in [3.63, 3.8) is 0 Å². The van der Waals surface area contributed by atoms with E-state index in [4.69, 9.17) is 9.84 Å². The van der Waals surface area contributed by atoms with Gasteiger partial charge in [0.25, 0.3) is 0 Å². The maximum Gasteiger partial charge on any atom is 0.227 e. The Hall–Kier alpha value is -1.83. The normalized spacial score (nSPS) is 10.7. The predicted molar refractivity (Wildman–Crippen MR) is 79.5 cm³/mol. The van der Waals surface area contributed by atoms with Gasteiger partial charge in [-0.15, -0.1) is 0 Å². The van der Waals surface area contributed by atoms with Crippen molar-refractivity contribution in [2.75, 3.05) is 19.0 Å². The second-order valence-corrected chi connectivity index (χ2v) is 5.18. The first kappa shape index (κ1) is 16.2. The van der Waals surface area contributed by atoms with E-state index in [-0.39, 0.29) is 18.9 Å². The molecule has 20 heavy (non-hydrogen) atoms. The molecule has 0 radical (unpaired) electrons. The molecular weight excluding hydrogens is 254 g/mol. The number of amides is 1. The molecule has 4 nitrogen and oxygen atoms in total. The third-order valence-electron chi connectivity index (χ3n) is 2.96. The zero-order valence-corrected chi connectivity index (χ0v) is 12.4. The quantitative estimate of drug-likeness (QED) is 0.827. The fraction of sp³-hybridized carbons (Fsp3) is 0.438. The molecule has 0 saturated carbocycles. The Morgan fingerprint density at radius 1 is 1.45 bits per heavy atom. The Bertz CT molecular complexity index is 538. The average Bonchev–Trinajstić information content (AvgIpc) is 2.39. The van der Waals surface area contributed by atoms with E-state index < -0.39 is 5.60 Å². The summed E-state index contributed by atoms with van der Waals surface area (Å²) in [6.45, 7) is 5.46. The fourth-order valence-corrected chi connectivity index (χ4v) is 1.63. The van der Waals surface area contributed by atoms with Gasteiger partial charge in [-0.05, 0) is 38.5 Å². The van der Waals surface area contributed by atoms with Crippen LogP contribution in [0.25, 0.3) is 0 Å². The standard InChI is InChI=1S/C16H21NO3/c1-12-7-8-13(6-5-9-18)10-14(12)17-15(19)11-16(2,3)20-4/h7-8,10,18H,9,11H2,1-4H3,(H,17,19). The molecule has 0 spiro atoms. The summed E-state index contributed by atoms with van der Waals surface area (Å²) in [6.07, 6.45) is 0.273. The highest BCUT2D eigenvalue weighted by molar-refractivity contribution is 5.92. The molecule has 1 aromatic rings. The van der Waals surface area contributed by atoms with Crippen LogP contribution in [0.5, 0.6) is 0 Å². The van der Waals surface area contributed by atoms with Crippen LogP contribution in [0.2, 0.25) is 0 Å². The van der Waals surface area contributed by atoms with Gasteiger partial charge in [0, 0.05) is 18.4 Å². The Balaban J connectivity index is 2.83. The smallest absolute Gasteiger partial charge is 0.227 e. The number of rotatable bonds is 4. The topological polar surface area (TPSA) is 58.6 Å². The van der Waals surface area contributed by atoms with Crippen molar-refractivity contribution in [3.8, 4) is 11.8 Å². The molecular formula is C16H21NO3. The molecule has 0 bridgehead atoms. The largest absolute Gasteiger partial charge is 0.384 e. The molecule has 0 fully saturated rings. The summed E-state index contributed by atoms with van der Waals surface area (Å²) in [7, 11) is 1.59. The maximum atomic E-state index is 12.0. The monoisotopic (exact) mass is 275 g/mol. The highest BCUT2D eigenvalue weighted by atomic mass is 16.5. The van der Waals surface area contributed by atoms with Gasteiger partial charge in [-0.3, -0.25) is 4.79 Å². The summed E-state index contributed by atoms with van der Waals surface area (Å²) >= 11 is 0. The Labute approximate surface area is 120 Å². The number of carbonyl (C=O) groups is 1. The van der Waals surface area contributed by atoms with E-state index in [1.807, 2.05) is 32.9 Å². The van der Waals surface area contributed by atoms with Crippen LogP contribution in [0.15, 0.2) is 18.2 Å². The van der Waals surface area contributed by atoms with Gasteiger partial charge in [0.2, 0.25) is 5.91 Å². The van der Waals surface area contributed by atoms with E-state index in [2.05, 4.69) is 17.2 Å². The van der Waals surface area contributed by atoms with Crippen LogP contribution in [0.4, 0.5) is 5.69 Å². The van der Waals surface area contributed by atoms with Crippen LogP contribution in [0, 0.1) is 18.8 Å². The lowest BCUT2D eigenvalue weighted by atomic mass is 10.0. The Morgan fingerprint density at radius 3 is 2.75 bits per heavy atom. The number of hydrogen-bond acceptors (Lipinski definition) is 3. The number of aliphatic hydroxyl groups excluding tert-OH is 1. The van der Waals surface area contributed by atoms with Gasteiger partial charge in [0.1, 0.15) is 6.61 Å². The summed E-state index contributed by atoms with van der Waals surface area (Å²) in [5.74, 6) is 5.30. The molecule has 0 aliphatic heterocycles. The van der Waals surface area contributed by atoms with Crippen LogP contribution >= 0.6 is 0 Å². The molecule has 108 valence electrons. The molecule has 1 aromatic carbocycles. The van der Waals surface area contributed by atoms with Gasteiger partial charge in [-0.2, -0.15) is 0 Å². The maximum absolute atomic E-state index is 12.0. The van der Waals surface area contributed by atoms with Crippen molar-refractivity contribution in [2.24, 2.45) is 0 Å². The predicted octanol–water partition coefficient (Wildman–Crippen LogP) is 2.09. The molecule has 1 rings (SSSR count). The van der Waals surface area contributed by atoms with E-state index in [0.717, 1.165) is 16.8 Å². The number of ether oxygens (including phenoxy) is 1. The third kappa shape index (κ3) is 5.04. The van der Waals surface area contributed by atoms with Crippen molar-refractivity contribution >= 4 is 11.6 Å². The number of methoxy groups -OCH3 is 1. The first-order valence-corrected chi connectivity index (χ1v) is 6.43. The van der Waals surface area contributed by atoms with Crippen molar-refractivity contribution in [2.45, 2.75) is 32.8 Å². The van der Waals surface area contributed by atoms with Crippen LogP contribution in [0.1, 0.15) is 31.4 Å². The molecule has 0 aliphatic carbocycles. The number of carbonyl (C=O) groups excluding carboxylic acids is 1. The third-order valence-corrected chi connectivity index (χ3v) is 2.96. The summed E-state index contributed by atoms with van der Waals surface area (Å²) < 4.78 is 5.24. The lowest BCUT2D eigenvalue weighted by Gasteiger charge is -2.22. The molecule has 0 aromatic heterocycles. The fourth-order valence-electron chi connectivity index (χ4n) is 1.63. The lowest BCUT2D eigenvalue weighted by Crippen LogP contribution is -2.29. The molecule has 0 unspecified atom stereocenters. The van der Waals surface area contributed by atoms with Crippen molar-refractivity contribution in [1.29, 1.82) is 0 Å². The van der Waals surface area contributed by atoms with E-state index in [9.17, 15) is 4.79 Å². The number of aryl methyl sites for hydroxylation is 1. The lowest BCUT2D eigenvalue weighted by molar-refractivity contribution is -0.121. The molecule has 0 atom stereocenters. The molecule has 0 aliphatic rings. The SMILES string of the molecule is COC(C)(C)CC(=O)Nc1cc(C#CCO)ccc1C. The van der Waals surface area contributed by atoms with E-state index >= 15 is 0 Å². The summed E-state index contributed by atoms with van der Waals surface area (Å²) in [6, 6.07) is 5.54. The number of benzene rings is 1. The first-order valence-electron chi connectivity index (χ1n) is 6.43. The number of nitrogens with one attached hydrogen (secondary N) is 1. The Kier molecular flexibility index (Phi) is 5.75. The van der Waals surface area contributed by atoms with Crippen LogP contribution in [-0.2, 0) is 9.53 Å². The molecule has 0 heterocycles. The van der Waals surface area contributed by atoms with E-state index in [1.165, 1.54) is 0 Å². The minimum atomic E-state index is -0.494. The van der Waals surface area contributed by atoms with Gasteiger partial charge in [-0.1, -0.05) is 17.9 Å². The summed E-state index contributed by atoms with van der Waals surface area (Å²) in [5, 5.41) is 11.6. The van der Waals surface area contributed by atoms with Gasteiger partial charge >= 0.3 is 0 Å². The van der Waals surface area contributed by atoms with Gasteiger partial charge in [-0.25, -0.2) is 0 Å². The second kappa shape index (κ2) is 7.09. The minimum Gasteiger partial charge on any atom is -0.384 e. The number of anilines is 1. The highest BCUT2D eigenvalue weighted by Gasteiger charge is 2.21. The first-order chi connectivity index (χ1) is 9.38. The molecule has 0 saturated heterocycles. The van der Waals surface area contributed by atoms with Crippen LogP contribution in [0.3, 0.4) is 0 Å². The van der Waals surface area contributed by atoms with Gasteiger partial charge < -0.3 is 15.2 Å². The second-order valence-electron chi connectivity index (χ2n) is 5.18. The number of hydrogen-bond donors (Lipinski definition) is 2. The van der Waals surface area contributed by atoms with Crippen molar-refractivity contribution in [1.82, 2.24) is 0 Å². The minimum absolute atomic E-state index is 0.104. The number of aliphatic hydroxyl groups is 1. The summed E-state index contributed by atoms with van der Waals surface area (Å²) in [4.78, 5) is 12.0. The summed E-state index contributed by atoms with van der Waals surface area (Å²) in [5.41, 5.74) is 1.95. The Morgan fingerprint density at radius 2 is 2.15 bits per heavy atom. The zero-order chi connectivity index (χ0) is 15.2. The van der Waals surface area contributed by atoms with E-state index in [0.29, 0.717) is 0 Å². The van der Waals surface area contributed by atoms with Gasteiger partial charge in [0.05, 0.1) is 12.0 Å². The van der Waals surface area contributed by atoms with Crippen molar-refractivity contribution in [3.05, 3.63) is 29.3 Å². The van der Waals surface area contributed by atoms with Crippen LogP contribution < -0.4 is 5.32 Å². The van der Waals surface area contributed by atoms with Crippen LogP contribution in [-0.4, -0.2) is 30.3 Å². The molecule has 4 heteroatoms. The highest BCUT2D eigenvalue weighted by Crippen LogP contribution is 2.19. The average molecular weight is 275 g/mol. The van der Waals surface area contributed by atoms with E-state index in [1.54, 1.807) is 13.2 Å². The molecule has 1 amide bonds. The zero-order valence-electron chi connectivity index (χ0n) is 12.4.